The highest BCUT2D eigenvalue weighted by atomic mass is 32.1. The van der Waals surface area contributed by atoms with Crippen molar-refractivity contribution in [1.29, 1.82) is 0 Å². The molecule has 3 aromatic heterocycles. The lowest BCUT2D eigenvalue weighted by Crippen LogP contribution is -2.36. The third kappa shape index (κ3) is 3.96. The van der Waals surface area contributed by atoms with Crippen LogP contribution in [0.2, 0.25) is 0 Å². The molecule has 0 fully saturated rings. The van der Waals surface area contributed by atoms with Gasteiger partial charge in [0.15, 0.2) is 10.8 Å². The second-order valence-electron chi connectivity index (χ2n) is 7.48. The number of hydrogen-bond acceptors (Lipinski definition) is 7. The normalized spacial score (nSPS) is 11.2. The van der Waals surface area contributed by atoms with Gasteiger partial charge in [0.1, 0.15) is 24.0 Å². The lowest BCUT2D eigenvalue weighted by molar-refractivity contribution is -0.119. The largest absolute Gasteiger partial charge is 0.497 e. The van der Waals surface area contributed by atoms with E-state index >= 15 is 0 Å². The zero-order chi connectivity index (χ0) is 22.9. The number of amides is 1. The standard InChI is InChI=1S/C23H20N6O3S/c1-27-21-17(11-25-27)22(31)28(14-24-21)13-20(30)29(12-15-6-4-3-5-7-15)23-26-18-9-8-16(32-2)10-19(18)33-23/h3-11,14H,12-13H2,1-2H3. The average molecular weight is 461 g/mol. The van der Waals surface area contributed by atoms with Gasteiger partial charge >= 0.3 is 0 Å². The van der Waals surface area contributed by atoms with Crippen molar-refractivity contribution < 1.29 is 9.53 Å². The molecular weight excluding hydrogens is 440 g/mol. The van der Waals surface area contributed by atoms with Crippen LogP contribution in [0.15, 0.2) is 65.8 Å². The molecule has 0 saturated carbocycles. The van der Waals surface area contributed by atoms with Crippen molar-refractivity contribution in [2.24, 2.45) is 7.05 Å². The predicted molar refractivity (Wildman–Crippen MR) is 127 cm³/mol. The smallest absolute Gasteiger partial charge is 0.264 e. The number of rotatable bonds is 6. The fourth-order valence-electron chi connectivity index (χ4n) is 3.57. The summed E-state index contributed by atoms with van der Waals surface area (Å²) in [6.45, 7) is 0.163. The maximum atomic E-state index is 13.5. The number of fused-ring (bicyclic) bond motifs is 2. The zero-order valence-electron chi connectivity index (χ0n) is 18.0. The van der Waals surface area contributed by atoms with Gasteiger partial charge in [-0.05, 0) is 23.8 Å². The highest BCUT2D eigenvalue weighted by Crippen LogP contribution is 2.32. The Bertz CT molecular complexity index is 1520. The molecular formula is C23H20N6O3S. The van der Waals surface area contributed by atoms with Crippen LogP contribution in [0.5, 0.6) is 5.75 Å². The van der Waals surface area contributed by atoms with E-state index in [1.54, 1.807) is 19.1 Å². The van der Waals surface area contributed by atoms with Gasteiger partial charge in [0.2, 0.25) is 5.91 Å². The first-order valence-electron chi connectivity index (χ1n) is 10.2. The van der Waals surface area contributed by atoms with Crippen molar-refractivity contribution >= 4 is 43.6 Å². The van der Waals surface area contributed by atoms with Crippen molar-refractivity contribution in [1.82, 2.24) is 24.3 Å². The summed E-state index contributed by atoms with van der Waals surface area (Å²) in [4.78, 5) is 36.9. The van der Waals surface area contributed by atoms with Crippen LogP contribution >= 0.6 is 11.3 Å². The molecule has 0 aliphatic carbocycles. The molecule has 0 radical (unpaired) electrons. The fourth-order valence-corrected chi connectivity index (χ4v) is 4.58. The van der Waals surface area contributed by atoms with E-state index in [0.29, 0.717) is 22.7 Å². The first-order valence-corrected chi connectivity index (χ1v) is 11.0. The maximum Gasteiger partial charge on any atom is 0.264 e. The number of anilines is 1. The van der Waals surface area contributed by atoms with Crippen molar-refractivity contribution in [3.8, 4) is 5.75 Å². The Morgan fingerprint density at radius 3 is 2.79 bits per heavy atom. The SMILES string of the molecule is COc1ccc2nc(N(Cc3ccccc3)C(=O)Cn3cnc4c(cnn4C)c3=O)sc2c1. The topological polar surface area (TPSA) is 95.1 Å². The monoisotopic (exact) mass is 460 g/mol. The van der Waals surface area contributed by atoms with Gasteiger partial charge in [-0.3, -0.25) is 23.7 Å². The molecule has 2 aromatic carbocycles. The van der Waals surface area contributed by atoms with E-state index < -0.39 is 0 Å². The van der Waals surface area contributed by atoms with Crippen LogP contribution in [0.4, 0.5) is 5.13 Å². The summed E-state index contributed by atoms with van der Waals surface area (Å²) in [5.41, 5.74) is 1.90. The Morgan fingerprint density at radius 2 is 2.00 bits per heavy atom. The Labute approximate surface area is 192 Å². The summed E-state index contributed by atoms with van der Waals surface area (Å²) in [6, 6.07) is 15.3. The summed E-state index contributed by atoms with van der Waals surface area (Å²) >= 11 is 1.40. The van der Waals surface area contributed by atoms with Crippen LogP contribution in [0.25, 0.3) is 21.3 Å². The first kappa shape index (κ1) is 20.8. The van der Waals surface area contributed by atoms with Gasteiger partial charge in [-0.15, -0.1) is 0 Å². The van der Waals surface area contributed by atoms with E-state index in [2.05, 4.69) is 15.1 Å². The lowest BCUT2D eigenvalue weighted by atomic mass is 10.2. The van der Waals surface area contributed by atoms with E-state index in [-0.39, 0.29) is 18.0 Å². The third-order valence-electron chi connectivity index (χ3n) is 5.32. The van der Waals surface area contributed by atoms with Gasteiger partial charge in [0.05, 0.1) is 30.1 Å². The molecule has 1 amide bonds. The van der Waals surface area contributed by atoms with Crippen LogP contribution in [0, 0.1) is 0 Å². The van der Waals surface area contributed by atoms with Crippen LogP contribution in [-0.2, 0) is 24.9 Å². The summed E-state index contributed by atoms with van der Waals surface area (Å²) in [7, 11) is 3.33. The van der Waals surface area contributed by atoms with E-state index in [0.717, 1.165) is 21.5 Å². The molecule has 33 heavy (non-hydrogen) atoms. The minimum absolute atomic E-state index is 0.164. The minimum Gasteiger partial charge on any atom is -0.497 e. The van der Waals surface area contributed by atoms with Crippen molar-refractivity contribution in [3.63, 3.8) is 0 Å². The Balaban J connectivity index is 1.52. The average Bonchev–Trinajstić information content (AvgIpc) is 3.43. The number of nitrogens with zero attached hydrogens (tertiary/aromatic N) is 6. The minimum atomic E-state index is -0.310. The maximum absolute atomic E-state index is 13.5. The van der Waals surface area contributed by atoms with Crippen molar-refractivity contribution in [2.75, 3.05) is 12.0 Å². The van der Waals surface area contributed by atoms with E-state index in [1.807, 2.05) is 48.5 Å². The van der Waals surface area contributed by atoms with Crippen molar-refractivity contribution in [3.05, 3.63) is 77.0 Å². The molecule has 10 heteroatoms. The molecule has 5 aromatic rings. The number of carbonyl (C=O) groups is 1. The summed E-state index contributed by atoms with van der Waals surface area (Å²) in [6.07, 6.45) is 2.85. The van der Waals surface area contributed by atoms with Crippen LogP contribution in [0.3, 0.4) is 0 Å². The highest BCUT2D eigenvalue weighted by molar-refractivity contribution is 7.22. The van der Waals surface area contributed by atoms with Gasteiger partial charge in [-0.2, -0.15) is 5.10 Å². The third-order valence-corrected chi connectivity index (χ3v) is 6.36. The molecule has 166 valence electrons. The second-order valence-corrected chi connectivity index (χ2v) is 8.49. The number of aromatic nitrogens is 5. The zero-order valence-corrected chi connectivity index (χ0v) is 18.8. The number of carbonyl (C=O) groups excluding carboxylic acids is 1. The number of aryl methyl sites for hydroxylation is 1. The molecule has 0 unspecified atom stereocenters. The fraction of sp³-hybridized carbons (Fsp3) is 0.174. The van der Waals surface area contributed by atoms with Gasteiger partial charge in [-0.1, -0.05) is 41.7 Å². The number of benzene rings is 2. The van der Waals surface area contributed by atoms with Gasteiger partial charge in [-0.25, -0.2) is 9.97 Å². The molecule has 0 aliphatic heterocycles. The highest BCUT2D eigenvalue weighted by Gasteiger charge is 2.22. The van der Waals surface area contributed by atoms with Gasteiger partial charge in [0, 0.05) is 7.05 Å². The second kappa shape index (κ2) is 8.47. The Morgan fingerprint density at radius 1 is 1.18 bits per heavy atom. The number of methoxy groups -OCH3 is 1. The van der Waals surface area contributed by atoms with E-state index in [9.17, 15) is 9.59 Å². The number of ether oxygens (including phenoxy) is 1. The summed E-state index contributed by atoms with van der Waals surface area (Å²) in [5, 5.41) is 5.00. The molecule has 0 aliphatic rings. The number of hydrogen-bond donors (Lipinski definition) is 0. The quantitative estimate of drug-likeness (QED) is 0.387. The summed E-state index contributed by atoms with van der Waals surface area (Å²) < 4.78 is 9.05. The molecule has 0 spiro atoms. The molecule has 0 atom stereocenters. The Hall–Kier alpha value is -4.05. The molecule has 0 bridgehead atoms. The molecule has 5 rings (SSSR count). The Kier molecular flexibility index (Phi) is 5.35. The number of thiazole rings is 1. The van der Waals surface area contributed by atoms with Crippen LogP contribution in [0.1, 0.15) is 5.56 Å². The lowest BCUT2D eigenvalue weighted by Gasteiger charge is -2.20. The van der Waals surface area contributed by atoms with Gasteiger partial charge < -0.3 is 4.74 Å². The predicted octanol–water partition coefficient (Wildman–Crippen LogP) is 2.98. The molecule has 3 heterocycles. The first-order chi connectivity index (χ1) is 16.0. The van der Waals surface area contributed by atoms with Crippen molar-refractivity contribution in [2.45, 2.75) is 13.1 Å². The van der Waals surface area contributed by atoms with Gasteiger partial charge in [0.25, 0.3) is 5.56 Å². The van der Waals surface area contributed by atoms with Crippen LogP contribution < -0.4 is 15.2 Å². The molecule has 9 nitrogen and oxygen atoms in total. The molecule has 0 N–H and O–H groups in total. The molecule has 0 saturated heterocycles. The van der Waals surface area contributed by atoms with E-state index in [1.165, 1.54) is 33.1 Å². The van der Waals surface area contributed by atoms with Crippen LogP contribution in [-0.4, -0.2) is 37.3 Å². The van der Waals surface area contributed by atoms with E-state index in [4.69, 9.17) is 4.74 Å². The summed E-state index contributed by atoms with van der Waals surface area (Å²) in [5.74, 6) is 0.457.